The Balaban J connectivity index is 2.84. The number of rotatable bonds is 6. The van der Waals surface area contributed by atoms with Crippen LogP contribution in [0.5, 0.6) is 5.75 Å². The lowest BCUT2D eigenvalue weighted by Crippen LogP contribution is -2.34. The van der Waals surface area contributed by atoms with Gasteiger partial charge in [0.05, 0.1) is 0 Å². The number of carbonyl (C=O) groups excluding carboxylic acids is 1. The third kappa shape index (κ3) is 4.91. The summed E-state index contributed by atoms with van der Waals surface area (Å²) in [6.45, 7) is 8.73. The molecule has 1 rings (SSSR count). The van der Waals surface area contributed by atoms with Crippen LogP contribution in [0.2, 0.25) is 0 Å². The number of benzene rings is 1. The molecule has 1 amide bonds. The highest BCUT2D eigenvalue weighted by Crippen LogP contribution is 2.21. The van der Waals surface area contributed by atoms with Gasteiger partial charge in [-0.2, -0.15) is 0 Å². The molecule has 0 saturated carbocycles. The van der Waals surface area contributed by atoms with E-state index in [-0.39, 0.29) is 5.91 Å². The SMILES string of the molecule is CNC(=O)C(C)Oc1ccc(C)cc1CNC(C)C. The zero-order chi connectivity index (χ0) is 14.4. The molecule has 0 spiro atoms. The minimum Gasteiger partial charge on any atom is -0.481 e. The van der Waals surface area contributed by atoms with Crippen LogP contribution in [0.4, 0.5) is 0 Å². The average molecular weight is 264 g/mol. The third-order valence-electron chi connectivity index (χ3n) is 2.84. The van der Waals surface area contributed by atoms with Crippen molar-refractivity contribution in [1.82, 2.24) is 10.6 Å². The second kappa shape index (κ2) is 7.14. The average Bonchev–Trinajstić information content (AvgIpc) is 2.37. The Morgan fingerprint density at radius 2 is 2.00 bits per heavy atom. The summed E-state index contributed by atoms with van der Waals surface area (Å²) in [6, 6.07) is 6.41. The quantitative estimate of drug-likeness (QED) is 0.826. The largest absolute Gasteiger partial charge is 0.481 e. The second-order valence-electron chi connectivity index (χ2n) is 5.02. The first-order valence-electron chi connectivity index (χ1n) is 6.65. The summed E-state index contributed by atoms with van der Waals surface area (Å²) in [5.74, 6) is 0.637. The topological polar surface area (TPSA) is 50.4 Å². The lowest BCUT2D eigenvalue weighted by atomic mass is 10.1. The van der Waals surface area contributed by atoms with Gasteiger partial charge in [0, 0.05) is 25.2 Å². The molecule has 1 aromatic carbocycles. The van der Waals surface area contributed by atoms with Crippen molar-refractivity contribution in [3.05, 3.63) is 29.3 Å². The molecular weight excluding hydrogens is 240 g/mol. The number of hydrogen-bond acceptors (Lipinski definition) is 3. The maximum atomic E-state index is 11.5. The predicted octanol–water partition coefficient (Wildman–Crippen LogP) is 2.01. The van der Waals surface area contributed by atoms with Gasteiger partial charge in [-0.1, -0.05) is 31.5 Å². The Labute approximate surface area is 115 Å². The van der Waals surface area contributed by atoms with E-state index >= 15 is 0 Å². The van der Waals surface area contributed by atoms with E-state index in [4.69, 9.17) is 4.74 Å². The van der Waals surface area contributed by atoms with E-state index in [0.717, 1.165) is 17.9 Å². The summed E-state index contributed by atoms with van der Waals surface area (Å²) in [7, 11) is 1.61. The summed E-state index contributed by atoms with van der Waals surface area (Å²) < 4.78 is 5.73. The van der Waals surface area contributed by atoms with E-state index in [1.54, 1.807) is 14.0 Å². The summed E-state index contributed by atoms with van der Waals surface area (Å²) in [5.41, 5.74) is 2.25. The second-order valence-corrected chi connectivity index (χ2v) is 5.02. The smallest absolute Gasteiger partial charge is 0.260 e. The van der Waals surface area contributed by atoms with E-state index in [2.05, 4.69) is 30.5 Å². The summed E-state index contributed by atoms with van der Waals surface area (Å²) in [6.07, 6.45) is -0.495. The van der Waals surface area contributed by atoms with Gasteiger partial charge < -0.3 is 15.4 Å². The van der Waals surface area contributed by atoms with Crippen molar-refractivity contribution in [2.45, 2.75) is 46.4 Å². The number of likely N-dealkylation sites (N-methyl/N-ethyl adjacent to an activating group) is 1. The minimum atomic E-state index is -0.495. The van der Waals surface area contributed by atoms with Crippen LogP contribution >= 0.6 is 0 Å². The lowest BCUT2D eigenvalue weighted by molar-refractivity contribution is -0.126. The minimum absolute atomic E-state index is 0.122. The van der Waals surface area contributed by atoms with Crippen LogP contribution in [0.25, 0.3) is 0 Å². The maximum Gasteiger partial charge on any atom is 0.260 e. The Morgan fingerprint density at radius 3 is 2.58 bits per heavy atom. The van der Waals surface area contributed by atoms with Crippen LogP contribution in [-0.2, 0) is 11.3 Å². The number of aryl methyl sites for hydroxylation is 1. The molecule has 1 atom stereocenters. The van der Waals surface area contributed by atoms with Gasteiger partial charge in [0.25, 0.3) is 5.91 Å². The standard InChI is InChI=1S/C15H24N2O2/c1-10(2)17-9-13-8-11(3)6-7-14(13)19-12(4)15(18)16-5/h6-8,10,12,17H,9H2,1-5H3,(H,16,18). The van der Waals surface area contributed by atoms with Crippen LogP contribution in [-0.4, -0.2) is 25.1 Å². The first-order valence-corrected chi connectivity index (χ1v) is 6.65. The molecule has 0 aromatic heterocycles. The zero-order valence-corrected chi connectivity index (χ0v) is 12.4. The van der Waals surface area contributed by atoms with E-state index < -0.39 is 6.10 Å². The summed E-state index contributed by atoms with van der Waals surface area (Å²) >= 11 is 0. The highest BCUT2D eigenvalue weighted by molar-refractivity contribution is 5.80. The number of amides is 1. The number of carbonyl (C=O) groups is 1. The highest BCUT2D eigenvalue weighted by atomic mass is 16.5. The first-order chi connectivity index (χ1) is 8.93. The van der Waals surface area contributed by atoms with E-state index in [1.807, 2.05) is 19.1 Å². The lowest BCUT2D eigenvalue weighted by Gasteiger charge is -2.18. The molecule has 1 aromatic rings. The highest BCUT2D eigenvalue weighted by Gasteiger charge is 2.14. The summed E-state index contributed by atoms with van der Waals surface area (Å²) in [5, 5.41) is 5.95. The first kappa shape index (κ1) is 15.5. The van der Waals surface area contributed by atoms with Crippen molar-refractivity contribution in [1.29, 1.82) is 0 Å². The Kier molecular flexibility index (Phi) is 5.83. The Morgan fingerprint density at radius 1 is 1.32 bits per heavy atom. The Hall–Kier alpha value is -1.55. The van der Waals surface area contributed by atoms with Gasteiger partial charge >= 0.3 is 0 Å². The molecule has 4 nitrogen and oxygen atoms in total. The molecule has 0 aliphatic rings. The van der Waals surface area contributed by atoms with Crippen molar-refractivity contribution in [2.75, 3.05) is 7.05 Å². The molecular formula is C15H24N2O2. The van der Waals surface area contributed by atoms with Crippen molar-refractivity contribution in [2.24, 2.45) is 0 Å². The van der Waals surface area contributed by atoms with Crippen LogP contribution in [0.15, 0.2) is 18.2 Å². The molecule has 0 fully saturated rings. The molecule has 0 bridgehead atoms. The van der Waals surface area contributed by atoms with Gasteiger partial charge in [-0.3, -0.25) is 4.79 Å². The molecule has 0 heterocycles. The van der Waals surface area contributed by atoms with Crippen LogP contribution in [0.1, 0.15) is 31.9 Å². The van der Waals surface area contributed by atoms with Gasteiger partial charge in [0.1, 0.15) is 5.75 Å². The molecule has 0 radical (unpaired) electrons. The number of hydrogen-bond donors (Lipinski definition) is 2. The Bertz CT molecular complexity index is 430. The molecule has 0 saturated heterocycles. The van der Waals surface area contributed by atoms with Crippen molar-refractivity contribution < 1.29 is 9.53 Å². The summed E-state index contributed by atoms with van der Waals surface area (Å²) in [4.78, 5) is 11.5. The van der Waals surface area contributed by atoms with E-state index in [9.17, 15) is 4.79 Å². The van der Waals surface area contributed by atoms with Crippen molar-refractivity contribution in [3.63, 3.8) is 0 Å². The fraction of sp³-hybridized carbons (Fsp3) is 0.533. The third-order valence-corrected chi connectivity index (χ3v) is 2.84. The fourth-order valence-corrected chi connectivity index (χ4v) is 1.72. The van der Waals surface area contributed by atoms with Crippen molar-refractivity contribution in [3.8, 4) is 5.75 Å². The van der Waals surface area contributed by atoms with E-state index in [1.165, 1.54) is 5.56 Å². The van der Waals surface area contributed by atoms with Gasteiger partial charge in [0.2, 0.25) is 0 Å². The molecule has 0 aliphatic heterocycles. The van der Waals surface area contributed by atoms with Gasteiger partial charge in [-0.15, -0.1) is 0 Å². The van der Waals surface area contributed by atoms with E-state index in [0.29, 0.717) is 6.04 Å². The van der Waals surface area contributed by atoms with Crippen LogP contribution in [0.3, 0.4) is 0 Å². The molecule has 1 unspecified atom stereocenters. The van der Waals surface area contributed by atoms with Gasteiger partial charge in [-0.05, 0) is 19.9 Å². The fourth-order valence-electron chi connectivity index (χ4n) is 1.72. The molecule has 106 valence electrons. The monoisotopic (exact) mass is 264 g/mol. The number of ether oxygens (including phenoxy) is 1. The number of nitrogens with one attached hydrogen (secondary N) is 2. The molecule has 19 heavy (non-hydrogen) atoms. The van der Waals surface area contributed by atoms with Crippen molar-refractivity contribution >= 4 is 5.91 Å². The zero-order valence-electron chi connectivity index (χ0n) is 12.4. The predicted molar refractivity (Wildman–Crippen MR) is 77.3 cm³/mol. The van der Waals surface area contributed by atoms with Gasteiger partial charge in [0.15, 0.2) is 6.10 Å². The van der Waals surface area contributed by atoms with Crippen LogP contribution in [0, 0.1) is 6.92 Å². The van der Waals surface area contributed by atoms with Crippen LogP contribution < -0.4 is 15.4 Å². The maximum absolute atomic E-state index is 11.5. The molecule has 0 aliphatic carbocycles. The normalized spacial score (nSPS) is 12.3. The molecule has 4 heteroatoms. The van der Waals surface area contributed by atoms with Gasteiger partial charge in [-0.25, -0.2) is 0 Å². The molecule has 2 N–H and O–H groups in total.